The lowest BCUT2D eigenvalue weighted by molar-refractivity contribution is 0.111. The van der Waals surface area contributed by atoms with Crippen molar-refractivity contribution in [3.8, 4) is 6.07 Å². The Kier molecular flexibility index (Phi) is 3.67. The summed E-state index contributed by atoms with van der Waals surface area (Å²) in [5, 5.41) is 21.5. The highest BCUT2D eigenvalue weighted by atomic mass is 35.5. The predicted molar refractivity (Wildman–Crippen MR) is 83.5 cm³/mol. The van der Waals surface area contributed by atoms with Gasteiger partial charge in [0.05, 0.1) is 6.07 Å². The summed E-state index contributed by atoms with van der Waals surface area (Å²) in [7, 11) is 0. The minimum absolute atomic E-state index is 0.422. The van der Waals surface area contributed by atoms with Gasteiger partial charge < -0.3 is 5.11 Å². The maximum Gasteiger partial charge on any atom is 0.113 e. The molecule has 0 radical (unpaired) electrons. The number of aryl methyl sites for hydroxylation is 1. The third-order valence-corrected chi connectivity index (χ3v) is 4.78. The number of fused-ring (bicyclic) bond motifs is 1. The van der Waals surface area contributed by atoms with Crippen LogP contribution in [0, 0.1) is 11.3 Å². The van der Waals surface area contributed by atoms with E-state index in [-0.39, 0.29) is 0 Å². The number of hydrogen-bond acceptors (Lipinski definition) is 2. The molecule has 2 aromatic rings. The second-order valence-electron chi connectivity index (χ2n) is 5.31. The first-order valence-electron chi connectivity index (χ1n) is 6.71. The highest BCUT2D eigenvalue weighted by Gasteiger charge is 2.46. The molecule has 0 fully saturated rings. The third-order valence-electron chi connectivity index (χ3n) is 4.21. The first-order chi connectivity index (χ1) is 10.1. The van der Waals surface area contributed by atoms with Crippen molar-refractivity contribution >= 4 is 23.2 Å². The smallest absolute Gasteiger partial charge is 0.113 e. The standard InChI is InChI=1S/C17H13Cl2NO/c18-12-5-6-15(19)13(9-12)16(21)17(10-20)8-7-11-3-1-2-4-14(11)17/h1-6,9,16,21H,7-8H2. The molecule has 1 aliphatic carbocycles. The molecule has 0 saturated carbocycles. The van der Waals surface area contributed by atoms with Crippen LogP contribution in [0.15, 0.2) is 42.5 Å². The summed E-state index contributed by atoms with van der Waals surface area (Å²) in [6, 6.07) is 15.0. The average Bonchev–Trinajstić information content (AvgIpc) is 2.89. The van der Waals surface area contributed by atoms with Crippen LogP contribution in [-0.4, -0.2) is 5.11 Å². The largest absolute Gasteiger partial charge is 0.386 e. The lowest BCUT2D eigenvalue weighted by Crippen LogP contribution is -2.30. The fourth-order valence-corrected chi connectivity index (χ4v) is 3.49. The molecule has 0 aliphatic heterocycles. The number of hydrogen-bond donors (Lipinski definition) is 1. The molecule has 0 saturated heterocycles. The Hall–Kier alpha value is -1.53. The quantitative estimate of drug-likeness (QED) is 0.890. The van der Waals surface area contributed by atoms with Gasteiger partial charge in [-0.3, -0.25) is 0 Å². The van der Waals surface area contributed by atoms with Crippen LogP contribution in [0.1, 0.15) is 29.2 Å². The highest BCUT2D eigenvalue weighted by Crippen LogP contribution is 2.48. The number of halogens is 2. The molecule has 106 valence electrons. The van der Waals surface area contributed by atoms with Gasteiger partial charge in [-0.25, -0.2) is 0 Å². The normalized spacial score (nSPS) is 21.6. The van der Waals surface area contributed by atoms with E-state index >= 15 is 0 Å². The number of benzene rings is 2. The fraction of sp³-hybridized carbons (Fsp3) is 0.235. The first-order valence-corrected chi connectivity index (χ1v) is 7.47. The van der Waals surface area contributed by atoms with E-state index in [1.807, 2.05) is 24.3 Å². The van der Waals surface area contributed by atoms with Crippen molar-refractivity contribution in [1.82, 2.24) is 0 Å². The van der Waals surface area contributed by atoms with E-state index in [2.05, 4.69) is 6.07 Å². The Morgan fingerprint density at radius 3 is 2.71 bits per heavy atom. The predicted octanol–water partition coefficient (Wildman–Crippen LogP) is 4.43. The van der Waals surface area contributed by atoms with E-state index in [0.717, 1.165) is 17.5 Å². The van der Waals surface area contributed by atoms with Crippen LogP contribution in [0.4, 0.5) is 0 Å². The Balaban J connectivity index is 2.14. The van der Waals surface area contributed by atoms with Crippen LogP contribution >= 0.6 is 23.2 Å². The molecule has 0 aromatic heterocycles. The van der Waals surface area contributed by atoms with Gasteiger partial charge in [0.1, 0.15) is 11.5 Å². The summed E-state index contributed by atoms with van der Waals surface area (Å²) >= 11 is 12.2. The zero-order chi connectivity index (χ0) is 15.0. The minimum Gasteiger partial charge on any atom is -0.386 e. The summed E-state index contributed by atoms with van der Waals surface area (Å²) in [6.07, 6.45) is 0.351. The molecular weight excluding hydrogens is 305 g/mol. The van der Waals surface area contributed by atoms with E-state index in [4.69, 9.17) is 23.2 Å². The summed E-state index contributed by atoms with van der Waals surface area (Å²) in [6.45, 7) is 0. The van der Waals surface area contributed by atoms with Gasteiger partial charge in [-0.05, 0) is 42.2 Å². The zero-order valence-corrected chi connectivity index (χ0v) is 12.7. The van der Waals surface area contributed by atoms with Crippen LogP contribution in [0.5, 0.6) is 0 Å². The molecule has 0 bridgehead atoms. The van der Waals surface area contributed by atoms with Crippen molar-refractivity contribution in [1.29, 1.82) is 5.26 Å². The van der Waals surface area contributed by atoms with Crippen molar-refractivity contribution in [2.24, 2.45) is 0 Å². The lowest BCUT2D eigenvalue weighted by atomic mass is 9.75. The van der Waals surface area contributed by atoms with Crippen LogP contribution in [0.3, 0.4) is 0 Å². The third kappa shape index (κ3) is 2.22. The second-order valence-corrected chi connectivity index (χ2v) is 6.15. The highest BCUT2D eigenvalue weighted by molar-refractivity contribution is 6.33. The van der Waals surface area contributed by atoms with Crippen LogP contribution < -0.4 is 0 Å². The number of rotatable bonds is 2. The topological polar surface area (TPSA) is 44.0 Å². The van der Waals surface area contributed by atoms with Crippen molar-refractivity contribution in [3.05, 3.63) is 69.2 Å². The molecule has 0 spiro atoms. The van der Waals surface area contributed by atoms with Crippen molar-refractivity contribution < 1.29 is 5.11 Å². The van der Waals surface area contributed by atoms with Gasteiger partial charge in [-0.15, -0.1) is 0 Å². The first kappa shape index (κ1) is 14.4. The number of nitrogens with zero attached hydrogens (tertiary/aromatic N) is 1. The van der Waals surface area contributed by atoms with Crippen molar-refractivity contribution in [2.45, 2.75) is 24.4 Å². The van der Waals surface area contributed by atoms with Gasteiger partial charge in [-0.2, -0.15) is 5.26 Å². The molecule has 2 unspecified atom stereocenters. The number of nitriles is 1. The second kappa shape index (κ2) is 5.35. The molecule has 2 aromatic carbocycles. The Morgan fingerprint density at radius 1 is 1.19 bits per heavy atom. The Labute approximate surface area is 133 Å². The summed E-state index contributed by atoms with van der Waals surface area (Å²) in [5.41, 5.74) is 1.53. The summed E-state index contributed by atoms with van der Waals surface area (Å²) < 4.78 is 0. The van der Waals surface area contributed by atoms with Crippen LogP contribution in [-0.2, 0) is 11.8 Å². The van der Waals surface area contributed by atoms with Gasteiger partial charge in [0, 0.05) is 15.6 Å². The van der Waals surface area contributed by atoms with E-state index < -0.39 is 11.5 Å². The fourth-order valence-electron chi connectivity index (χ4n) is 3.09. The summed E-state index contributed by atoms with van der Waals surface area (Å²) in [4.78, 5) is 0. The minimum atomic E-state index is -1.00. The van der Waals surface area contributed by atoms with Gasteiger partial charge in [-0.1, -0.05) is 47.5 Å². The van der Waals surface area contributed by atoms with Crippen molar-refractivity contribution in [3.63, 3.8) is 0 Å². The van der Waals surface area contributed by atoms with Crippen molar-refractivity contribution in [2.75, 3.05) is 0 Å². The van der Waals surface area contributed by atoms with Gasteiger partial charge in [0.2, 0.25) is 0 Å². The van der Waals surface area contributed by atoms with E-state index in [0.29, 0.717) is 22.0 Å². The molecule has 3 rings (SSSR count). The monoisotopic (exact) mass is 317 g/mol. The molecule has 1 N–H and O–H groups in total. The molecule has 0 heterocycles. The van der Waals surface area contributed by atoms with Gasteiger partial charge in [0.15, 0.2) is 0 Å². The molecule has 1 aliphatic rings. The maximum atomic E-state index is 10.9. The SMILES string of the molecule is N#CC1(C(O)c2cc(Cl)ccc2Cl)CCc2ccccc21. The maximum absolute atomic E-state index is 10.9. The molecule has 2 atom stereocenters. The van der Waals surface area contributed by atoms with E-state index in [1.165, 1.54) is 0 Å². The number of aliphatic hydroxyl groups excluding tert-OH is 1. The molecular formula is C17H13Cl2NO. The zero-order valence-electron chi connectivity index (χ0n) is 11.2. The van der Waals surface area contributed by atoms with Gasteiger partial charge in [0.25, 0.3) is 0 Å². The van der Waals surface area contributed by atoms with Crippen LogP contribution in [0.2, 0.25) is 10.0 Å². The molecule has 0 amide bonds. The lowest BCUT2D eigenvalue weighted by Gasteiger charge is -2.29. The molecule has 21 heavy (non-hydrogen) atoms. The van der Waals surface area contributed by atoms with Crippen LogP contribution in [0.25, 0.3) is 0 Å². The summed E-state index contributed by atoms with van der Waals surface area (Å²) in [5.74, 6) is 0. The molecule has 4 heteroatoms. The number of aliphatic hydroxyl groups is 1. The molecule has 2 nitrogen and oxygen atoms in total. The van der Waals surface area contributed by atoms with E-state index in [9.17, 15) is 10.4 Å². The Morgan fingerprint density at radius 2 is 1.95 bits per heavy atom. The van der Waals surface area contributed by atoms with Gasteiger partial charge >= 0.3 is 0 Å². The van der Waals surface area contributed by atoms with E-state index in [1.54, 1.807) is 18.2 Å². The average molecular weight is 318 g/mol. The Bertz CT molecular complexity index is 738.